The number of pyridine rings is 1. The number of carbonyl (C=O) groups excluding carboxylic acids is 3. The highest BCUT2D eigenvalue weighted by atomic mass is 35.5. The Morgan fingerprint density at radius 1 is 1.18 bits per heavy atom. The van der Waals surface area contributed by atoms with Gasteiger partial charge in [-0.2, -0.15) is 4.57 Å². The lowest BCUT2D eigenvalue weighted by atomic mass is 9.74. The van der Waals surface area contributed by atoms with Crippen LogP contribution in [0.1, 0.15) is 62.4 Å². The Labute approximate surface area is 206 Å². The first-order valence-electron chi connectivity index (χ1n) is 11.7. The predicted octanol–water partition coefficient (Wildman–Crippen LogP) is 4.47. The van der Waals surface area contributed by atoms with E-state index < -0.39 is 11.6 Å². The largest absolute Gasteiger partial charge is 0.415 e. The normalized spacial score (nSPS) is 18.9. The first kappa shape index (κ1) is 25.7. The van der Waals surface area contributed by atoms with Crippen LogP contribution in [0.4, 0.5) is 4.79 Å². The van der Waals surface area contributed by atoms with Crippen LogP contribution < -0.4 is 9.88 Å². The van der Waals surface area contributed by atoms with Crippen molar-refractivity contribution in [2.24, 2.45) is 5.92 Å². The lowest BCUT2D eigenvalue weighted by molar-refractivity contribution is -0.727. The predicted molar refractivity (Wildman–Crippen MR) is 129 cm³/mol. The van der Waals surface area contributed by atoms with Crippen LogP contribution in [0.25, 0.3) is 0 Å². The Morgan fingerprint density at radius 2 is 1.91 bits per heavy atom. The molecule has 1 fully saturated rings. The van der Waals surface area contributed by atoms with Gasteiger partial charge >= 0.3 is 6.09 Å². The molecule has 1 saturated carbocycles. The maximum atomic E-state index is 13.2. The molecule has 8 heteroatoms. The zero-order valence-corrected chi connectivity index (χ0v) is 21.0. The Morgan fingerprint density at radius 3 is 2.59 bits per heavy atom. The molecule has 34 heavy (non-hydrogen) atoms. The molecule has 182 valence electrons. The van der Waals surface area contributed by atoms with Gasteiger partial charge in [-0.15, -0.1) is 0 Å². The van der Waals surface area contributed by atoms with Gasteiger partial charge in [-0.1, -0.05) is 43.6 Å². The Bertz CT molecular complexity index is 1060. The number of amides is 2. The van der Waals surface area contributed by atoms with E-state index in [4.69, 9.17) is 16.3 Å². The van der Waals surface area contributed by atoms with Crippen LogP contribution in [0.15, 0.2) is 48.8 Å². The van der Waals surface area contributed by atoms with E-state index in [1.807, 2.05) is 26.8 Å². The van der Waals surface area contributed by atoms with E-state index in [2.05, 4.69) is 5.32 Å². The van der Waals surface area contributed by atoms with E-state index in [9.17, 15) is 14.4 Å². The minimum absolute atomic E-state index is 0.0293. The minimum Gasteiger partial charge on any atom is -0.388 e. The molecule has 0 aliphatic heterocycles. The number of nitrogens with zero attached hydrogens (tertiary/aromatic N) is 2. The van der Waals surface area contributed by atoms with Crippen molar-refractivity contribution in [2.45, 2.75) is 64.8 Å². The number of aromatic nitrogens is 1. The maximum Gasteiger partial charge on any atom is 0.415 e. The fourth-order valence-electron chi connectivity index (χ4n) is 4.21. The van der Waals surface area contributed by atoms with Crippen LogP contribution in [0.2, 0.25) is 5.02 Å². The number of hydrogen-bond donors (Lipinski definition) is 1. The van der Waals surface area contributed by atoms with E-state index in [0.29, 0.717) is 34.9 Å². The lowest BCUT2D eigenvalue weighted by Crippen LogP contribution is -2.55. The van der Waals surface area contributed by atoms with Gasteiger partial charge in [-0.25, -0.2) is 4.79 Å². The summed E-state index contributed by atoms with van der Waals surface area (Å²) >= 11 is 6.46. The van der Waals surface area contributed by atoms with Gasteiger partial charge in [-0.05, 0) is 44.2 Å². The molecule has 2 atom stereocenters. The maximum absolute atomic E-state index is 13.2. The molecule has 2 aromatic rings. The second kappa shape index (κ2) is 11.0. The highest BCUT2D eigenvalue weighted by Crippen LogP contribution is 2.42. The summed E-state index contributed by atoms with van der Waals surface area (Å²) in [6.07, 6.45) is 5.16. The molecule has 1 aliphatic carbocycles. The first-order valence-corrected chi connectivity index (χ1v) is 12.0. The molecule has 1 aromatic heterocycles. The van der Waals surface area contributed by atoms with Crippen molar-refractivity contribution in [3.05, 3.63) is 64.9 Å². The molecular weight excluding hydrogens is 454 g/mol. The molecule has 2 amide bonds. The third-order valence-electron chi connectivity index (χ3n) is 6.64. The number of rotatable bonds is 7. The molecule has 1 aliphatic rings. The van der Waals surface area contributed by atoms with Crippen molar-refractivity contribution < 1.29 is 23.7 Å². The summed E-state index contributed by atoms with van der Waals surface area (Å²) in [7, 11) is 1.58. The molecule has 3 rings (SSSR count). The van der Waals surface area contributed by atoms with E-state index in [0.717, 1.165) is 12.8 Å². The zero-order chi connectivity index (χ0) is 24.9. The zero-order valence-electron chi connectivity index (χ0n) is 20.2. The van der Waals surface area contributed by atoms with Crippen molar-refractivity contribution in [3.8, 4) is 0 Å². The summed E-state index contributed by atoms with van der Waals surface area (Å²) in [5, 5.41) is 3.41. The third-order valence-corrected chi connectivity index (χ3v) is 6.97. The van der Waals surface area contributed by atoms with Crippen LogP contribution in [-0.4, -0.2) is 35.8 Å². The van der Waals surface area contributed by atoms with Gasteiger partial charge in [0.05, 0.1) is 0 Å². The van der Waals surface area contributed by atoms with Gasteiger partial charge in [0.25, 0.3) is 12.6 Å². The first-order chi connectivity index (χ1) is 16.2. The van der Waals surface area contributed by atoms with E-state index in [1.54, 1.807) is 54.3 Å². The summed E-state index contributed by atoms with van der Waals surface area (Å²) in [6, 6.07) is 10.6. The van der Waals surface area contributed by atoms with Crippen LogP contribution in [-0.2, 0) is 21.8 Å². The molecule has 1 heterocycles. The number of benzene rings is 1. The molecule has 0 spiro atoms. The molecule has 0 unspecified atom stereocenters. The fourth-order valence-corrected chi connectivity index (χ4v) is 4.50. The van der Waals surface area contributed by atoms with Crippen LogP contribution in [0.5, 0.6) is 0 Å². The fraction of sp³-hybridized carbons (Fsp3) is 0.462. The van der Waals surface area contributed by atoms with Gasteiger partial charge in [0, 0.05) is 36.2 Å². The number of ketones is 1. The standard InChI is InChI=1S/C26H32ClN3O4/c1-18(2)19(3)28-24(32)20-10-9-15-30(16-20)17-34-25(33)29(4)26(14-8-7-13-23(26)31)21-11-5-6-12-22(21)27/h5-6,9-12,15-16,18-19H,7-8,13-14,17H2,1-4H3/p+1/t19-,26+/m1/s1. The number of likely N-dealkylation sites (N-methyl/N-ethyl adjacent to an activating group) is 1. The molecule has 1 N–H and O–H groups in total. The number of hydrogen-bond acceptors (Lipinski definition) is 4. The summed E-state index contributed by atoms with van der Waals surface area (Å²) in [5.41, 5.74) is -0.0756. The topological polar surface area (TPSA) is 79.6 Å². The third kappa shape index (κ3) is 5.41. The average molecular weight is 487 g/mol. The monoisotopic (exact) mass is 486 g/mol. The van der Waals surface area contributed by atoms with Crippen LogP contribution in [0.3, 0.4) is 0 Å². The Kier molecular flexibility index (Phi) is 8.31. The minimum atomic E-state index is -1.16. The summed E-state index contributed by atoms with van der Waals surface area (Å²) in [6.45, 7) is 5.94. The number of carbonyl (C=O) groups is 3. The molecule has 0 saturated heterocycles. The van der Waals surface area contributed by atoms with E-state index >= 15 is 0 Å². The number of Topliss-reactive ketones (excluding diaryl/α,β-unsaturated/α-hetero) is 1. The van der Waals surface area contributed by atoms with Crippen LogP contribution >= 0.6 is 11.6 Å². The van der Waals surface area contributed by atoms with Crippen molar-refractivity contribution >= 4 is 29.4 Å². The van der Waals surface area contributed by atoms with Gasteiger partial charge in [0.2, 0.25) is 0 Å². The second-order valence-electron chi connectivity index (χ2n) is 9.18. The van der Waals surface area contributed by atoms with Gasteiger partial charge in [0.1, 0.15) is 11.1 Å². The van der Waals surface area contributed by atoms with Crippen molar-refractivity contribution in [3.63, 3.8) is 0 Å². The van der Waals surface area contributed by atoms with Crippen molar-refractivity contribution in [1.82, 2.24) is 10.2 Å². The highest BCUT2D eigenvalue weighted by molar-refractivity contribution is 6.31. The van der Waals surface area contributed by atoms with E-state index in [1.165, 1.54) is 4.90 Å². The van der Waals surface area contributed by atoms with Crippen LogP contribution in [0, 0.1) is 5.92 Å². The Hall–Kier alpha value is -2.93. The highest BCUT2D eigenvalue weighted by Gasteiger charge is 2.48. The second-order valence-corrected chi connectivity index (χ2v) is 9.59. The molecule has 1 aromatic carbocycles. The lowest BCUT2D eigenvalue weighted by Gasteiger charge is -2.43. The van der Waals surface area contributed by atoms with Gasteiger partial charge < -0.3 is 10.1 Å². The molecule has 7 nitrogen and oxygen atoms in total. The van der Waals surface area contributed by atoms with E-state index in [-0.39, 0.29) is 24.5 Å². The van der Waals surface area contributed by atoms with Crippen molar-refractivity contribution in [1.29, 1.82) is 0 Å². The molecule has 0 bridgehead atoms. The smallest absolute Gasteiger partial charge is 0.388 e. The molecule has 0 radical (unpaired) electrons. The van der Waals surface area contributed by atoms with Gasteiger partial charge in [-0.3, -0.25) is 14.5 Å². The quantitative estimate of drug-likeness (QED) is 0.586. The summed E-state index contributed by atoms with van der Waals surface area (Å²) in [4.78, 5) is 40.2. The average Bonchev–Trinajstić information content (AvgIpc) is 2.83. The summed E-state index contributed by atoms with van der Waals surface area (Å²) < 4.78 is 7.17. The van der Waals surface area contributed by atoms with Gasteiger partial charge in [0.15, 0.2) is 18.2 Å². The Balaban J connectivity index is 1.76. The SMILES string of the molecule is CC(C)[C@@H](C)NC(=O)c1ccc[n+](COC(=O)N(C)[C@]2(c3ccccc3Cl)CCCCC2=O)c1. The number of nitrogens with one attached hydrogen (secondary N) is 1. The summed E-state index contributed by atoms with van der Waals surface area (Å²) in [5.74, 6) is 0.0746. The molecular formula is C26H33ClN3O4+. The number of ether oxygens (including phenoxy) is 1. The number of halogens is 1. The van der Waals surface area contributed by atoms with Crippen molar-refractivity contribution in [2.75, 3.05) is 7.05 Å².